The van der Waals surface area contributed by atoms with Gasteiger partial charge in [0.1, 0.15) is 0 Å². The molecule has 0 bridgehead atoms. The van der Waals surface area contributed by atoms with Gasteiger partial charge >= 0.3 is 5.97 Å². The molecular formula is C55H107NO5. The predicted octanol–water partition coefficient (Wildman–Crippen LogP) is 16.5. The first-order valence-electron chi connectivity index (χ1n) is 27.5. The fraction of sp³-hybridized carbons (Fsp3) is 0.927. The van der Waals surface area contributed by atoms with Crippen LogP contribution in [0.2, 0.25) is 0 Å². The molecule has 6 nitrogen and oxygen atoms in total. The first-order valence-corrected chi connectivity index (χ1v) is 27.5. The van der Waals surface area contributed by atoms with Gasteiger partial charge in [-0.15, -0.1) is 0 Å². The summed E-state index contributed by atoms with van der Waals surface area (Å²) in [5.74, 6) is -0.0960. The van der Waals surface area contributed by atoms with Gasteiger partial charge in [-0.1, -0.05) is 270 Å². The Morgan fingerprint density at radius 1 is 0.443 bits per heavy atom. The van der Waals surface area contributed by atoms with Crippen LogP contribution in [0.15, 0.2) is 12.2 Å². The van der Waals surface area contributed by atoms with E-state index >= 15 is 0 Å². The number of hydrogen-bond acceptors (Lipinski definition) is 5. The predicted molar refractivity (Wildman–Crippen MR) is 264 cm³/mol. The van der Waals surface area contributed by atoms with Crippen LogP contribution < -0.4 is 5.32 Å². The zero-order valence-electron chi connectivity index (χ0n) is 41.2. The molecule has 0 aliphatic rings. The van der Waals surface area contributed by atoms with E-state index in [4.69, 9.17) is 4.74 Å². The van der Waals surface area contributed by atoms with Gasteiger partial charge in [0.25, 0.3) is 0 Å². The Bertz CT molecular complexity index is 909. The second kappa shape index (κ2) is 51.2. The van der Waals surface area contributed by atoms with Gasteiger partial charge in [0.2, 0.25) is 5.91 Å². The lowest BCUT2D eigenvalue weighted by atomic mass is 10.0. The smallest absolute Gasteiger partial charge is 0.305 e. The number of nitrogens with one attached hydrogen (secondary N) is 1. The molecule has 0 radical (unpaired) electrons. The third-order valence-electron chi connectivity index (χ3n) is 12.8. The van der Waals surface area contributed by atoms with Gasteiger partial charge in [0.15, 0.2) is 0 Å². The van der Waals surface area contributed by atoms with Crippen LogP contribution in [-0.4, -0.2) is 47.4 Å². The lowest BCUT2D eigenvalue weighted by molar-refractivity contribution is -0.143. The van der Waals surface area contributed by atoms with E-state index in [0.717, 1.165) is 57.8 Å². The Labute approximate surface area is 380 Å². The highest BCUT2D eigenvalue weighted by Crippen LogP contribution is 2.17. The monoisotopic (exact) mass is 862 g/mol. The first-order chi connectivity index (χ1) is 30.0. The molecule has 0 aromatic rings. The first kappa shape index (κ1) is 59.6. The molecule has 3 N–H and O–H groups in total. The van der Waals surface area contributed by atoms with Crippen LogP contribution >= 0.6 is 0 Å². The maximum atomic E-state index is 12.5. The van der Waals surface area contributed by atoms with Crippen molar-refractivity contribution in [3.8, 4) is 0 Å². The molecule has 1 amide bonds. The quantitative estimate of drug-likeness (QED) is 0.0322. The van der Waals surface area contributed by atoms with Crippen molar-refractivity contribution in [2.45, 2.75) is 315 Å². The summed E-state index contributed by atoms with van der Waals surface area (Å²) in [6.45, 7) is 4.88. The average molecular weight is 862 g/mol. The van der Waals surface area contributed by atoms with E-state index in [1.165, 1.54) is 218 Å². The molecule has 61 heavy (non-hydrogen) atoms. The van der Waals surface area contributed by atoms with Crippen molar-refractivity contribution in [3.63, 3.8) is 0 Å². The summed E-state index contributed by atoms with van der Waals surface area (Å²) in [5.41, 5.74) is 0. The van der Waals surface area contributed by atoms with Gasteiger partial charge < -0.3 is 20.3 Å². The molecule has 0 aromatic carbocycles. The van der Waals surface area contributed by atoms with Crippen LogP contribution in [0.4, 0.5) is 0 Å². The topological polar surface area (TPSA) is 95.9 Å². The Morgan fingerprint density at radius 3 is 1.11 bits per heavy atom. The summed E-state index contributed by atoms with van der Waals surface area (Å²) in [5, 5.41) is 23.1. The fourth-order valence-corrected chi connectivity index (χ4v) is 8.58. The van der Waals surface area contributed by atoms with Crippen molar-refractivity contribution in [2.75, 3.05) is 13.2 Å². The van der Waals surface area contributed by atoms with Crippen LogP contribution in [0.25, 0.3) is 0 Å². The van der Waals surface area contributed by atoms with Gasteiger partial charge in [0, 0.05) is 12.8 Å². The highest BCUT2D eigenvalue weighted by Gasteiger charge is 2.18. The van der Waals surface area contributed by atoms with E-state index in [1.54, 1.807) is 6.08 Å². The molecule has 0 aliphatic heterocycles. The summed E-state index contributed by atoms with van der Waals surface area (Å²) in [6.07, 6.45) is 59.3. The lowest BCUT2D eigenvalue weighted by Crippen LogP contribution is -2.45. The molecule has 0 aliphatic carbocycles. The molecule has 6 heteroatoms. The van der Waals surface area contributed by atoms with E-state index in [1.807, 2.05) is 6.08 Å². The van der Waals surface area contributed by atoms with Crippen LogP contribution in [0.5, 0.6) is 0 Å². The summed E-state index contributed by atoms with van der Waals surface area (Å²) in [7, 11) is 0. The SMILES string of the molecule is CCCCCCCCCCCCCCCCCC/C=C/C(O)C(CO)NC(=O)CCCCCCCCCCCCCOC(=O)CCCCCCCCCCCCCCCCC. The Morgan fingerprint density at radius 2 is 0.754 bits per heavy atom. The summed E-state index contributed by atoms with van der Waals surface area (Å²) < 4.78 is 5.47. The number of amides is 1. The molecule has 0 aromatic heterocycles. The number of aliphatic hydroxyl groups excluding tert-OH is 2. The maximum Gasteiger partial charge on any atom is 0.305 e. The third kappa shape index (κ3) is 47.9. The van der Waals surface area contributed by atoms with Gasteiger partial charge in [-0.2, -0.15) is 0 Å². The number of unbranched alkanes of at least 4 members (excludes halogenated alkanes) is 40. The van der Waals surface area contributed by atoms with Gasteiger partial charge in [0.05, 0.1) is 25.4 Å². The number of hydrogen-bond donors (Lipinski definition) is 3. The Balaban J connectivity index is 3.49. The molecule has 0 rings (SSSR count). The van der Waals surface area contributed by atoms with E-state index in [0.29, 0.717) is 19.4 Å². The number of ether oxygens (including phenoxy) is 1. The third-order valence-corrected chi connectivity index (χ3v) is 12.8. The normalized spacial score (nSPS) is 12.7. The van der Waals surface area contributed by atoms with Crippen molar-refractivity contribution in [2.24, 2.45) is 0 Å². The highest BCUT2D eigenvalue weighted by molar-refractivity contribution is 5.76. The van der Waals surface area contributed by atoms with Crippen molar-refractivity contribution in [1.29, 1.82) is 0 Å². The summed E-state index contributed by atoms with van der Waals surface area (Å²) in [4.78, 5) is 24.5. The summed E-state index contributed by atoms with van der Waals surface area (Å²) in [6, 6.07) is -0.641. The van der Waals surface area contributed by atoms with Gasteiger partial charge in [-0.25, -0.2) is 0 Å². The minimum atomic E-state index is -0.856. The van der Waals surface area contributed by atoms with E-state index < -0.39 is 12.1 Å². The molecule has 0 spiro atoms. The minimum Gasteiger partial charge on any atom is -0.466 e. The highest BCUT2D eigenvalue weighted by atomic mass is 16.5. The lowest BCUT2D eigenvalue weighted by Gasteiger charge is -2.20. The molecule has 0 fully saturated rings. The Hall–Kier alpha value is -1.40. The van der Waals surface area contributed by atoms with E-state index in [9.17, 15) is 19.8 Å². The standard InChI is InChI=1S/C55H107NO5/c1-3-5-7-9-11-13-15-17-19-20-21-23-24-27-31-35-39-43-47-53(58)52(51-57)56-54(59)48-44-40-36-32-28-26-30-34-38-42-46-50-61-55(60)49-45-41-37-33-29-25-22-18-16-14-12-10-8-6-4-2/h43,47,52-53,57-58H,3-42,44-46,48-51H2,1-2H3,(H,56,59)/b47-43+. The minimum absolute atomic E-state index is 0.0120. The largest absolute Gasteiger partial charge is 0.466 e. The number of carbonyl (C=O) groups excluding carboxylic acids is 2. The van der Waals surface area contributed by atoms with Crippen molar-refractivity contribution in [1.82, 2.24) is 5.32 Å². The molecule has 0 saturated heterocycles. The number of carbonyl (C=O) groups is 2. The van der Waals surface area contributed by atoms with E-state index in [2.05, 4.69) is 19.2 Å². The van der Waals surface area contributed by atoms with Gasteiger partial charge in [-0.3, -0.25) is 9.59 Å². The van der Waals surface area contributed by atoms with Crippen LogP contribution in [0.3, 0.4) is 0 Å². The fourth-order valence-electron chi connectivity index (χ4n) is 8.58. The second-order valence-corrected chi connectivity index (χ2v) is 18.9. The van der Waals surface area contributed by atoms with E-state index in [-0.39, 0.29) is 18.5 Å². The van der Waals surface area contributed by atoms with Crippen LogP contribution in [-0.2, 0) is 14.3 Å². The number of aliphatic hydroxyl groups is 2. The maximum absolute atomic E-state index is 12.5. The van der Waals surface area contributed by atoms with Crippen molar-refractivity contribution >= 4 is 11.9 Å². The number of esters is 1. The molecule has 2 unspecified atom stereocenters. The molecule has 0 saturated carbocycles. The number of rotatable bonds is 51. The van der Waals surface area contributed by atoms with Crippen molar-refractivity contribution in [3.05, 3.63) is 12.2 Å². The van der Waals surface area contributed by atoms with Crippen molar-refractivity contribution < 1.29 is 24.5 Å². The molecule has 2 atom stereocenters. The molecule has 362 valence electrons. The molecular weight excluding hydrogens is 755 g/mol. The van der Waals surface area contributed by atoms with Crippen LogP contribution in [0.1, 0.15) is 303 Å². The second-order valence-electron chi connectivity index (χ2n) is 18.9. The average Bonchev–Trinajstić information content (AvgIpc) is 3.26. The molecule has 0 heterocycles. The number of allylic oxidation sites excluding steroid dienone is 1. The van der Waals surface area contributed by atoms with Gasteiger partial charge in [-0.05, 0) is 32.1 Å². The summed E-state index contributed by atoms with van der Waals surface area (Å²) >= 11 is 0. The Kier molecular flexibility index (Phi) is 50.1. The zero-order chi connectivity index (χ0) is 44.4. The zero-order valence-corrected chi connectivity index (χ0v) is 41.2. The van der Waals surface area contributed by atoms with Crippen LogP contribution in [0, 0.1) is 0 Å².